The summed E-state index contributed by atoms with van der Waals surface area (Å²) >= 11 is 0. The third-order valence-electron chi connectivity index (χ3n) is 10.8. The summed E-state index contributed by atoms with van der Waals surface area (Å²) in [5.74, 6) is -0.668. The zero-order valence-electron chi connectivity index (χ0n) is 34.4. The summed E-state index contributed by atoms with van der Waals surface area (Å²) in [4.78, 5) is 13.1. The predicted octanol–water partition coefficient (Wildman–Crippen LogP) is 6.80. The van der Waals surface area contributed by atoms with Crippen molar-refractivity contribution in [1.82, 2.24) is 5.32 Å². The fraction of sp³-hybridized carbons (Fsp3) is 0.976. The molecule has 0 aromatic heterocycles. The van der Waals surface area contributed by atoms with Gasteiger partial charge in [0.1, 0.15) is 30.5 Å². The lowest BCUT2D eigenvalue weighted by atomic mass is 9.99. The Morgan fingerprint density at radius 1 is 0.655 bits per heavy atom. The van der Waals surface area contributed by atoms with Crippen LogP contribution in [0.3, 0.4) is 0 Å². The second kappa shape index (κ2) is 33.0. The third-order valence-corrected chi connectivity index (χ3v) is 11.2. The Balaban J connectivity index is 2.59. The number of carbonyl (C=O) groups is 1. The van der Waals surface area contributed by atoms with Crippen LogP contribution >= 0.6 is 0 Å². The minimum absolute atomic E-state index is 0.265. The van der Waals surface area contributed by atoms with Crippen molar-refractivity contribution in [2.24, 2.45) is 0 Å². The van der Waals surface area contributed by atoms with Gasteiger partial charge in [0.25, 0.3) is 0 Å². The van der Waals surface area contributed by atoms with E-state index < -0.39 is 78.5 Å². The maximum Gasteiger partial charge on any atom is 0.397 e. The number of aliphatic hydroxyl groups excluding tert-OH is 5. The fourth-order valence-corrected chi connectivity index (χ4v) is 7.74. The zero-order chi connectivity index (χ0) is 40.7. The van der Waals surface area contributed by atoms with Gasteiger partial charge in [0.15, 0.2) is 6.29 Å². The lowest BCUT2D eigenvalue weighted by Crippen LogP contribution is -2.61. The third kappa shape index (κ3) is 25.9. The van der Waals surface area contributed by atoms with Gasteiger partial charge in [-0.25, -0.2) is 4.18 Å². The highest BCUT2D eigenvalue weighted by molar-refractivity contribution is 7.80. The van der Waals surface area contributed by atoms with Crippen LogP contribution in [0, 0.1) is 0 Å². The molecule has 1 aliphatic rings. The van der Waals surface area contributed by atoms with Crippen molar-refractivity contribution >= 4 is 16.3 Å². The first-order chi connectivity index (χ1) is 26.4. The molecule has 0 aromatic rings. The van der Waals surface area contributed by atoms with Crippen LogP contribution in [0.1, 0.15) is 194 Å². The Hall–Kier alpha value is -0.940. The molecular formula is C41H81NO12S. The van der Waals surface area contributed by atoms with Gasteiger partial charge in [0, 0.05) is 0 Å². The summed E-state index contributed by atoms with van der Waals surface area (Å²) in [6, 6.07) is -1.03. The van der Waals surface area contributed by atoms with E-state index in [4.69, 9.17) is 14.0 Å². The summed E-state index contributed by atoms with van der Waals surface area (Å²) in [5.41, 5.74) is 0. The van der Waals surface area contributed by atoms with Gasteiger partial charge in [-0.15, -0.1) is 0 Å². The van der Waals surface area contributed by atoms with Gasteiger partial charge in [-0.2, -0.15) is 8.42 Å². The number of unbranched alkanes of at least 4 members (excludes halogenated alkanes) is 24. The number of amides is 1. The zero-order valence-corrected chi connectivity index (χ0v) is 35.2. The molecule has 1 fully saturated rings. The van der Waals surface area contributed by atoms with E-state index in [1.165, 1.54) is 116 Å². The minimum Gasteiger partial charge on any atom is -0.394 e. The van der Waals surface area contributed by atoms with E-state index in [0.717, 1.165) is 38.5 Å². The summed E-state index contributed by atoms with van der Waals surface area (Å²) in [6.45, 7) is 3.26. The van der Waals surface area contributed by atoms with Gasteiger partial charge in [-0.3, -0.25) is 9.35 Å². The molecule has 8 unspecified atom stereocenters. The van der Waals surface area contributed by atoms with Crippen molar-refractivity contribution in [2.45, 2.75) is 243 Å². The molecule has 1 rings (SSSR count). The topological polar surface area (TPSA) is 212 Å². The van der Waals surface area contributed by atoms with E-state index in [0.29, 0.717) is 19.3 Å². The van der Waals surface area contributed by atoms with Gasteiger partial charge < -0.3 is 40.3 Å². The van der Waals surface area contributed by atoms with Crippen molar-refractivity contribution in [3.8, 4) is 0 Å². The molecule has 1 aliphatic heterocycles. The lowest BCUT2D eigenvalue weighted by molar-refractivity contribution is -0.298. The second-order valence-electron chi connectivity index (χ2n) is 15.8. The molecule has 0 radical (unpaired) electrons. The van der Waals surface area contributed by atoms with E-state index in [2.05, 4.69) is 23.3 Å². The van der Waals surface area contributed by atoms with Gasteiger partial charge in [-0.05, 0) is 12.8 Å². The van der Waals surface area contributed by atoms with E-state index >= 15 is 0 Å². The molecule has 13 nitrogen and oxygen atoms in total. The van der Waals surface area contributed by atoms with Crippen LogP contribution in [-0.2, 0) is 28.9 Å². The van der Waals surface area contributed by atoms with E-state index in [1.807, 2.05) is 0 Å². The molecule has 1 heterocycles. The molecular weight excluding hydrogens is 731 g/mol. The maximum absolute atomic E-state index is 13.1. The van der Waals surface area contributed by atoms with Crippen molar-refractivity contribution in [3.63, 3.8) is 0 Å². The summed E-state index contributed by atoms with van der Waals surface area (Å²) < 4.78 is 47.5. The van der Waals surface area contributed by atoms with Crippen LogP contribution < -0.4 is 5.32 Å². The first-order valence-corrected chi connectivity index (χ1v) is 23.4. The van der Waals surface area contributed by atoms with Crippen LogP contribution in [-0.4, -0.2) is 107 Å². The molecule has 0 aliphatic carbocycles. The molecule has 1 amide bonds. The molecule has 328 valence electrons. The highest BCUT2D eigenvalue weighted by Crippen LogP contribution is 2.26. The molecule has 8 atom stereocenters. The maximum atomic E-state index is 13.1. The minimum atomic E-state index is -5.10. The van der Waals surface area contributed by atoms with Crippen LogP contribution in [0.15, 0.2) is 0 Å². The van der Waals surface area contributed by atoms with Crippen molar-refractivity contribution in [3.05, 3.63) is 0 Å². The SMILES string of the molecule is CCCCCCCCCCCCCCCCC(O)C(=O)NC(COC1OC(CO)C(O)C(OS(=O)(=O)O)C1O)C(O)CCCCCCCCCCCCCC. The van der Waals surface area contributed by atoms with Crippen LogP contribution in [0.25, 0.3) is 0 Å². The highest BCUT2D eigenvalue weighted by Gasteiger charge is 2.48. The summed E-state index contributed by atoms with van der Waals surface area (Å²) in [5, 5.41) is 55.2. The first-order valence-electron chi connectivity index (χ1n) is 22.0. The number of nitrogens with one attached hydrogen (secondary N) is 1. The second-order valence-corrected chi connectivity index (χ2v) is 16.8. The van der Waals surface area contributed by atoms with Crippen LogP contribution in [0.5, 0.6) is 0 Å². The highest BCUT2D eigenvalue weighted by atomic mass is 32.3. The molecule has 0 saturated carbocycles. The molecule has 1 saturated heterocycles. The smallest absolute Gasteiger partial charge is 0.394 e. The standard InChI is InChI=1S/C41H81NO12S/c1-3-5-7-9-11-13-15-17-18-20-22-24-26-28-30-35(45)40(48)42-33(34(44)29-27-25-23-21-19-16-14-12-10-8-6-4-2)32-52-41-38(47)39(54-55(49,50)51)37(46)36(31-43)53-41/h33-39,41,43-47H,3-32H2,1-2H3,(H,42,48)(H,49,50,51). The first kappa shape index (κ1) is 52.1. The normalized spacial score (nSPS) is 22.1. The van der Waals surface area contributed by atoms with Crippen molar-refractivity contribution < 1.29 is 57.0 Å². The molecule has 0 bridgehead atoms. The Bertz CT molecular complexity index is 1020. The van der Waals surface area contributed by atoms with E-state index in [9.17, 15) is 38.7 Å². The Kier molecular flexibility index (Phi) is 31.2. The van der Waals surface area contributed by atoms with E-state index in [-0.39, 0.29) is 6.42 Å². The fourth-order valence-electron chi connectivity index (χ4n) is 7.23. The molecule has 7 N–H and O–H groups in total. The number of hydrogen-bond donors (Lipinski definition) is 7. The summed E-state index contributed by atoms with van der Waals surface area (Å²) in [6.07, 6.45) is 20.1. The largest absolute Gasteiger partial charge is 0.397 e. The van der Waals surface area contributed by atoms with Gasteiger partial charge in [0.2, 0.25) is 5.91 Å². The Morgan fingerprint density at radius 3 is 1.45 bits per heavy atom. The van der Waals surface area contributed by atoms with Crippen molar-refractivity contribution in [2.75, 3.05) is 13.2 Å². The average molecular weight is 812 g/mol. The van der Waals surface area contributed by atoms with Crippen molar-refractivity contribution in [1.29, 1.82) is 0 Å². The molecule has 55 heavy (non-hydrogen) atoms. The molecule has 0 spiro atoms. The van der Waals surface area contributed by atoms with Crippen LogP contribution in [0.2, 0.25) is 0 Å². The molecule has 14 heteroatoms. The summed E-state index contributed by atoms with van der Waals surface area (Å²) in [7, 11) is -5.10. The van der Waals surface area contributed by atoms with Gasteiger partial charge >= 0.3 is 10.4 Å². The van der Waals surface area contributed by atoms with E-state index in [1.54, 1.807) is 0 Å². The quantitative estimate of drug-likeness (QED) is 0.0255. The molecule has 0 aromatic carbocycles. The average Bonchev–Trinajstić information content (AvgIpc) is 3.15. The monoisotopic (exact) mass is 812 g/mol. The van der Waals surface area contributed by atoms with Gasteiger partial charge in [0.05, 0.1) is 25.4 Å². The van der Waals surface area contributed by atoms with Crippen LogP contribution in [0.4, 0.5) is 0 Å². The Labute approximate surface area is 333 Å². The Morgan fingerprint density at radius 2 is 1.05 bits per heavy atom. The number of aliphatic hydroxyl groups is 5. The number of hydrogen-bond acceptors (Lipinski definition) is 11. The number of ether oxygens (including phenoxy) is 2. The number of rotatable bonds is 37. The predicted molar refractivity (Wildman–Crippen MR) is 215 cm³/mol. The number of carbonyl (C=O) groups excluding carboxylic acids is 1. The van der Waals surface area contributed by atoms with Gasteiger partial charge in [-0.1, -0.05) is 181 Å². The lowest BCUT2D eigenvalue weighted by Gasteiger charge is -2.41.